The van der Waals surface area contributed by atoms with Crippen molar-refractivity contribution >= 4 is 74.3 Å². The number of aromatic nitrogens is 5. The van der Waals surface area contributed by atoms with E-state index in [1.807, 2.05) is 36.0 Å². The minimum Gasteiger partial charge on any atom is -0.478 e. The van der Waals surface area contributed by atoms with Gasteiger partial charge in [-0.25, -0.2) is 4.98 Å². The fourth-order valence-electron chi connectivity index (χ4n) is 8.30. The van der Waals surface area contributed by atoms with Crippen LogP contribution in [0.15, 0.2) is 53.5 Å². The molecule has 15 nitrogen and oxygen atoms in total. The summed E-state index contributed by atoms with van der Waals surface area (Å²) in [5, 5.41) is 18.8. The number of nitrogens with zero attached hydrogens (tertiary/aromatic N) is 6. The van der Waals surface area contributed by atoms with Gasteiger partial charge in [-0.1, -0.05) is 11.6 Å². The number of ether oxygens (including phenoxy) is 1. The van der Waals surface area contributed by atoms with Crippen LogP contribution in [0.4, 0.5) is 23.1 Å². The third kappa shape index (κ3) is 7.15. The predicted molar refractivity (Wildman–Crippen MR) is 210 cm³/mol. The molecule has 4 N–H and O–H groups in total. The van der Waals surface area contributed by atoms with E-state index in [0.717, 1.165) is 78.6 Å². The van der Waals surface area contributed by atoms with Crippen molar-refractivity contribution in [2.75, 3.05) is 42.3 Å². The molecule has 2 saturated heterocycles. The van der Waals surface area contributed by atoms with Gasteiger partial charge in [-0.15, -0.1) is 0 Å². The van der Waals surface area contributed by atoms with Crippen molar-refractivity contribution in [1.82, 2.24) is 34.9 Å². The van der Waals surface area contributed by atoms with Crippen LogP contribution in [-0.4, -0.2) is 74.8 Å². The van der Waals surface area contributed by atoms with Crippen LogP contribution in [0.2, 0.25) is 5.02 Å². The molecule has 286 valence electrons. The van der Waals surface area contributed by atoms with Gasteiger partial charge >= 0.3 is 0 Å². The molecule has 3 fully saturated rings. The van der Waals surface area contributed by atoms with Gasteiger partial charge in [0, 0.05) is 68.8 Å². The lowest BCUT2D eigenvalue weighted by atomic mass is 9.72. The zero-order valence-corrected chi connectivity index (χ0v) is 31.7. The molecule has 5 aromatic rings. The number of halogens is 1. The largest absolute Gasteiger partial charge is 0.478 e. The van der Waals surface area contributed by atoms with Crippen LogP contribution < -0.4 is 36.5 Å². The Morgan fingerprint density at radius 2 is 1.82 bits per heavy atom. The Morgan fingerprint density at radius 3 is 2.60 bits per heavy atom. The number of aryl methyl sites for hydroxylation is 2. The molecule has 0 bridgehead atoms. The summed E-state index contributed by atoms with van der Waals surface area (Å²) in [6, 6.07) is 13.7. The van der Waals surface area contributed by atoms with E-state index < -0.39 is 5.92 Å². The number of nitrogens with one attached hydrogen (secondary N) is 4. The summed E-state index contributed by atoms with van der Waals surface area (Å²) in [5.74, 6) is -0.0796. The number of anilines is 4. The predicted octanol–water partition coefficient (Wildman–Crippen LogP) is 4.51. The minimum absolute atomic E-state index is 0.0826. The van der Waals surface area contributed by atoms with Gasteiger partial charge in [0.25, 0.3) is 11.5 Å². The molecule has 2 aromatic carbocycles. The highest BCUT2D eigenvalue weighted by Crippen LogP contribution is 2.45. The molecule has 3 aliphatic rings. The Kier molecular flexibility index (Phi) is 9.57. The van der Waals surface area contributed by atoms with Crippen LogP contribution in [0.5, 0.6) is 5.75 Å². The molecule has 1 atom stereocenters. The van der Waals surface area contributed by atoms with E-state index in [4.69, 9.17) is 21.3 Å². The number of carbonyl (C=O) groups is 3. The second-order valence-corrected chi connectivity index (χ2v) is 15.3. The fourth-order valence-corrected chi connectivity index (χ4v) is 8.43. The van der Waals surface area contributed by atoms with Gasteiger partial charge in [0.05, 0.1) is 28.8 Å². The second-order valence-electron chi connectivity index (χ2n) is 14.9. The maximum atomic E-state index is 12.8. The number of imide groups is 1. The van der Waals surface area contributed by atoms with E-state index in [1.54, 1.807) is 19.3 Å². The van der Waals surface area contributed by atoms with E-state index in [9.17, 15) is 19.2 Å². The Morgan fingerprint density at radius 1 is 1.02 bits per heavy atom. The molecule has 1 saturated carbocycles. The van der Waals surface area contributed by atoms with Crippen LogP contribution >= 0.6 is 11.6 Å². The lowest BCUT2D eigenvalue weighted by Gasteiger charge is -2.37. The molecule has 3 aromatic heterocycles. The summed E-state index contributed by atoms with van der Waals surface area (Å²) in [7, 11) is 5.06. The lowest BCUT2D eigenvalue weighted by Crippen LogP contribution is -2.39. The maximum absolute atomic E-state index is 12.8. The van der Waals surface area contributed by atoms with Crippen molar-refractivity contribution in [3.63, 3.8) is 0 Å². The monoisotopic (exact) mass is 766 g/mol. The Labute approximate surface area is 321 Å². The Balaban J connectivity index is 0.907. The third-order valence-electron chi connectivity index (χ3n) is 11.4. The maximum Gasteiger partial charge on any atom is 0.293 e. The SMILES string of the molecule is CNC(=O)COc1cc2cc(Nc3nc(N4CCC5(CCC(Nc6ccc7c(C8CCC(=O)NC8=O)nn(C)c7c6)CC5)C4)ncc3Cl)ccc2n(C)c1=O. The zero-order chi connectivity index (χ0) is 38.4. The quantitative estimate of drug-likeness (QED) is 0.155. The zero-order valence-electron chi connectivity index (χ0n) is 30.9. The molecule has 1 aliphatic carbocycles. The molecule has 2 aliphatic heterocycles. The lowest BCUT2D eigenvalue weighted by molar-refractivity contribution is -0.134. The minimum atomic E-state index is -0.427. The molecule has 0 radical (unpaired) electrons. The van der Waals surface area contributed by atoms with Gasteiger partial charge in [-0.3, -0.25) is 29.2 Å². The van der Waals surface area contributed by atoms with Crippen LogP contribution in [0.25, 0.3) is 21.8 Å². The van der Waals surface area contributed by atoms with Gasteiger partial charge in [-0.2, -0.15) is 10.1 Å². The number of piperidine rings is 1. The molecular weight excluding hydrogens is 724 g/mol. The van der Waals surface area contributed by atoms with Crippen molar-refractivity contribution in [3.8, 4) is 5.75 Å². The van der Waals surface area contributed by atoms with Gasteiger partial charge in [0.1, 0.15) is 5.02 Å². The highest BCUT2D eigenvalue weighted by Gasteiger charge is 2.42. The number of rotatable bonds is 9. The number of carbonyl (C=O) groups excluding carboxylic acids is 3. The number of fused-ring (bicyclic) bond motifs is 2. The van der Waals surface area contributed by atoms with Crippen LogP contribution in [0, 0.1) is 5.41 Å². The van der Waals surface area contributed by atoms with E-state index in [1.165, 1.54) is 11.6 Å². The van der Waals surface area contributed by atoms with E-state index in [-0.39, 0.29) is 41.1 Å². The number of pyridine rings is 1. The summed E-state index contributed by atoms with van der Waals surface area (Å²) in [6.45, 7) is 1.47. The summed E-state index contributed by atoms with van der Waals surface area (Å²) < 4.78 is 8.82. The van der Waals surface area contributed by atoms with Crippen molar-refractivity contribution in [1.29, 1.82) is 0 Å². The number of hydrogen-bond acceptors (Lipinski definition) is 11. The van der Waals surface area contributed by atoms with Gasteiger partial charge in [0.15, 0.2) is 18.2 Å². The Bertz CT molecular complexity index is 2400. The van der Waals surface area contributed by atoms with Gasteiger partial charge < -0.3 is 30.2 Å². The average Bonchev–Trinajstić information content (AvgIpc) is 3.74. The first-order valence-electron chi connectivity index (χ1n) is 18.6. The fraction of sp³-hybridized carbons (Fsp3) is 0.410. The summed E-state index contributed by atoms with van der Waals surface area (Å²) >= 11 is 6.59. The molecule has 3 amide bonds. The first-order chi connectivity index (χ1) is 26.5. The summed E-state index contributed by atoms with van der Waals surface area (Å²) in [4.78, 5) is 60.5. The normalized spacial score (nSPS) is 21.3. The number of hydrogen-bond donors (Lipinski definition) is 4. The van der Waals surface area contributed by atoms with Crippen molar-refractivity contribution in [2.24, 2.45) is 19.5 Å². The first-order valence-corrected chi connectivity index (χ1v) is 19.0. The molecule has 5 heterocycles. The topological polar surface area (TPSA) is 177 Å². The van der Waals surface area contributed by atoms with Crippen LogP contribution in [0.3, 0.4) is 0 Å². The first kappa shape index (κ1) is 36.3. The number of likely N-dealkylation sites (N-methyl/N-ethyl adjacent to an activating group) is 1. The van der Waals surface area contributed by atoms with Crippen molar-refractivity contribution in [2.45, 2.75) is 56.9 Å². The Hall–Kier alpha value is -5.70. The van der Waals surface area contributed by atoms with Gasteiger partial charge in [0.2, 0.25) is 17.8 Å². The highest BCUT2D eigenvalue weighted by molar-refractivity contribution is 6.33. The smallest absolute Gasteiger partial charge is 0.293 e. The summed E-state index contributed by atoms with van der Waals surface area (Å²) in [6.07, 6.45) is 7.73. The molecular formula is C39H43ClN10O5. The number of amides is 3. The van der Waals surface area contributed by atoms with E-state index >= 15 is 0 Å². The number of benzene rings is 2. The molecule has 16 heteroatoms. The van der Waals surface area contributed by atoms with Crippen molar-refractivity contribution in [3.05, 3.63) is 69.7 Å². The molecule has 1 spiro atoms. The molecule has 8 rings (SSSR count). The van der Waals surface area contributed by atoms with E-state index in [0.29, 0.717) is 41.2 Å². The highest BCUT2D eigenvalue weighted by atomic mass is 35.5. The van der Waals surface area contributed by atoms with E-state index in [2.05, 4.69) is 48.4 Å². The second kappa shape index (κ2) is 14.5. The van der Waals surface area contributed by atoms with Crippen molar-refractivity contribution < 1.29 is 19.1 Å². The third-order valence-corrected chi connectivity index (χ3v) is 11.7. The standard InChI is InChI=1S/C39H43ClN10O5/c1-41-33(52)20-55-31-17-22-16-24(5-8-29(22)48(2)37(31)54)44-35-28(40)19-42-38(46-35)50-15-14-39(21-50)12-10-23(11-13-39)43-25-4-6-26-30(18-25)49(3)47-34(26)27-7-9-32(51)45-36(27)53/h4-6,8,16-19,23,27,43H,7,9-15,20-21H2,1-3H3,(H,41,52)(H,42,44,46)(H,45,51,53). The van der Waals surface area contributed by atoms with Crippen LogP contribution in [0.1, 0.15) is 56.6 Å². The van der Waals surface area contributed by atoms with Gasteiger partial charge in [-0.05, 0) is 86.4 Å². The molecule has 55 heavy (non-hydrogen) atoms. The summed E-state index contributed by atoms with van der Waals surface area (Å²) in [5.41, 5.74) is 3.97. The molecule has 1 unspecified atom stereocenters. The average molecular weight is 767 g/mol. The van der Waals surface area contributed by atoms with Crippen LogP contribution in [-0.2, 0) is 28.5 Å².